The van der Waals surface area contributed by atoms with Crippen LogP contribution in [0.25, 0.3) is 0 Å². The molecule has 136 valence electrons. The predicted octanol–water partition coefficient (Wildman–Crippen LogP) is 4.71. The van der Waals surface area contributed by atoms with Crippen LogP contribution >= 0.6 is 8.58 Å². The van der Waals surface area contributed by atoms with Gasteiger partial charge in [0.25, 0.3) is 0 Å². The molecular formula is C19H23F2O3P. The number of benzene rings is 2. The van der Waals surface area contributed by atoms with Crippen molar-refractivity contribution in [2.75, 3.05) is 14.2 Å². The average molecular weight is 368 g/mol. The van der Waals surface area contributed by atoms with Crippen molar-refractivity contribution in [1.29, 1.82) is 0 Å². The van der Waals surface area contributed by atoms with Crippen molar-refractivity contribution in [3.8, 4) is 17.2 Å². The van der Waals surface area contributed by atoms with Crippen LogP contribution in [-0.4, -0.2) is 19.3 Å². The van der Waals surface area contributed by atoms with Crippen molar-refractivity contribution in [3.63, 3.8) is 0 Å². The van der Waals surface area contributed by atoms with E-state index in [1.54, 1.807) is 12.1 Å². The Bertz CT molecular complexity index is 746. The largest absolute Gasteiger partial charge is 0.504 e. The van der Waals surface area contributed by atoms with Crippen LogP contribution in [0.4, 0.5) is 8.78 Å². The Labute approximate surface area is 148 Å². The number of methoxy groups -OCH3 is 2. The minimum absolute atomic E-state index is 0.0177. The second-order valence-corrected chi connectivity index (χ2v) is 7.51. The summed E-state index contributed by atoms with van der Waals surface area (Å²) in [6, 6.07) is 6.99. The first-order valence-corrected chi connectivity index (χ1v) is 9.09. The molecule has 0 saturated heterocycles. The average Bonchev–Trinajstić information content (AvgIpc) is 2.62. The summed E-state index contributed by atoms with van der Waals surface area (Å²) >= 11 is 0. The SMILES string of the molecule is CCC(CC)(Pc1ccc(F)cc1F)c1cc(OC)cc(OC)c1O. The van der Waals surface area contributed by atoms with E-state index >= 15 is 0 Å². The van der Waals surface area contributed by atoms with Crippen molar-refractivity contribution >= 4 is 13.9 Å². The zero-order valence-electron chi connectivity index (χ0n) is 14.8. The van der Waals surface area contributed by atoms with E-state index in [4.69, 9.17) is 9.47 Å². The van der Waals surface area contributed by atoms with E-state index in [2.05, 4.69) is 0 Å². The maximum Gasteiger partial charge on any atom is 0.164 e. The van der Waals surface area contributed by atoms with Crippen molar-refractivity contribution in [1.82, 2.24) is 0 Å². The second kappa shape index (κ2) is 8.01. The summed E-state index contributed by atoms with van der Waals surface area (Å²) in [5.74, 6) is -0.276. The first-order valence-electron chi connectivity index (χ1n) is 8.09. The highest BCUT2D eigenvalue weighted by atomic mass is 31.1. The molecule has 6 heteroatoms. The summed E-state index contributed by atoms with van der Waals surface area (Å²) in [6.07, 6.45) is 1.34. The van der Waals surface area contributed by atoms with Gasteiger partial charge in [-0.15, -0.1) is 0 Å². The maximum absolute atomic E-state index is 14.2. The van der Waals surface area contributed by atoms with Crippen LogP contribution < -0.4 is 14.8 Å². The number of hydrogen-bond donors (Lipinski definition) is 1. The van der Waals surface area contributed by atoms with E-state index < -0.39 is 16.8 Å². The number of ether oxygens (including phenoxy) is 2. The lowest BCUT2D eigenvalue weighted by Gasteiger charge is -2.34. The lowest BCUT2D eigenvalue weighted by atomic mass is 9.91. The fraction of sp³-hybridized carbons (Fsp3) is 0.368. The predicted molar refractivity (Wildman–Crippen MR) is 97.8 cm³/mol. The summed E-state index contributed by atoms with van der Waals surface area (Å²) in [5.41, 5.74) is 0.649. The minimum atomic E-state index is -0.601. The van der Waals surface area contributed by atoms with Crippen LogP contribution in [0.1, 0.15) is 32.3 Å². The van der Waals surface area contributed by atoms with Gasteiger partial charge in [-0.05, 0) is 31.0 Å². The van der Waals surface area contributed by atoms with Gasteiger partial charge in [-0.1, -0.05) is 22.4 Å². The van der Waals surface area contributed by atoms with E-state index in [1.165, 1.54) is 26.4 Å². The topological polar surface area (TPSA) is 38.7 Å². The van der Waals surface area contributed by atoms with Gasteiger partial charge in [0, 0.05) is 28.2 Å². The van der Waals surface area contributed by atoms with E-state index in [1.807, 2.05) is 13.8 Å². The van der Waals surface area contributed by atoms with E-state index in [0.717, 1.165) is 6.07 Å². The molecule has 25 heavy (non-hydrogen) atoms. The minimum Gasteiger partial charge on any atom is -0.504 e. The van der Waals surface area contributed by atoms with Crippen LogP contribution in [0.15, 0.2) is 30.3 Å². The molecule has 0 aliphatic heterocycles. The maximum atomic E-state index is 14.2. The lowest BCUT2D eigenvalue weighted by Crippen LogP contribution is -2.23. The first-order chi connectivity index (χ1) is 11.9. The molecule has 2 aromatic rings. The van der Waals surface area contributed by atoms with Gasteiger partial charge in [0.05, 0.1) is 14.2 Å². The fourth-order valence-electron chi connectivity index (χ4n) is 2.94. The highest BCUT2D eigenvalue weighted by Crippen LogP contribution is 2.53. The zero-order valence-corrected chi connectivity index (χ0v) is 15.8. The molecule has 0 heterocycles. The first kappa shape index (κ1) is 19.5. The van der Waals surface area contributed by atoms with Crippen LogP contribution in [0.3, 0.4) is 0 Å². The van der Waals surface area contributed by atoms with Gasteiger partial charge in [-0.25, -0.2) is 8.78 Å². The third-order valence-electron chi connectivity index (χ3n) is 4.53. The molecule has 2 aromatic carbocycles. The molecule has 0 radical (unpaired) electrons. The summed E-state index contributed by atoms with van der Waals surface area (Å²) in [5, 5.41) is 10.6. The Morgan fingerprint density at radius 2 is 1.72 bits per heavy atom. The van der Waals surface area contributed by atoms with E-state index in [-0.39, 0.29) is 14.3 Å². The number of aromatic hydroxyl groups is 1. The normalized spacial score (nSPS) is 11.9. The molecule has 1 unspecified atom stereocenters. The smallest absolute Gasteiger partial charge is 0.164 e. The van der Waals surface area contributed by atoms with E-state index in [0.29, 0.717) is 35.2 Å². The molecule has 0 aromatic heterocycles. The molecule has 0 saturated carbocycles. The van der Waals surface area contributed by atoms with E-state index in [9.17, 15) is 13.9 Å². The Hall–Kier alpha value is -1.87. The van der Waals surface area contributed by atoms with Gasteiger partial charge in [0.2, 0.25) is 0 Å². The molecule has 2 rings (SSSR count). The molecule has 0 aliphatic rings. The van der Waals surface area contributed by atoms with Gasteiger partial charge in [0.1, 0.15) is 17.4 Å². The quantitative estimate of drug-likeness (QED) is 0.720. The number of phenolic OH excluding ortho intramolecular Hbond substituents is 1. The van der Waals surface area contributed by atoms with Gasteiger partial charge in [0.15, 0.2) is 11.5 Å². The lowest BCUT2D eigenvalue weighted by molar-refractivity contribution is 0.355. The molecule has 0 aliphatic carbocycles. The zero-order chi connectivity index (χ0) is 18.6. The van der Waals surface area contributed by atoms with Crippen molar-refractivity contribution in [3.05, 3.63) is 47.5 Å². The summed E-state index contributed by atoms with van der Waals surface area (Å²) in [7, 11) is 3.03. The molecular weight excluding hydrogens is 345 g/mol. The van der Waals surface area contributed by atoms with Crippen molar-refractivity contribution in [2.24, 2.45) is 0 Å². The third kappa shape index (κ3) is 3.87. The Balaban J connectivity index is 2.59. The second-order valence-electron chi connectivity index (χ2n) is 5.76. The highest BCUT2D eigenvalue weighted by Gasteiger charge is 2.34. The molecule has 0 amide bonds. The van der Waals surface area contributed by atoms with Gasteiger partial charge in [-0.2, -0.15) is 0 Å². The molecule has 3 nitrogen and oxygen atoms in total. The monoisotopic (exact) mass is 368 g/mol. The standard InChI is InChI=1S/C19H23F2O3P/c1-5-19(6-2,25-17-8-7-12(20)9-15(17)21)14-10-13(23-3)11-16(24-4)18(14)22/h7-11,22,25H,5-6H2,1-4H3. The van der Waals surface area contributed by atoms with Crippen LogP contribution in [0.2, 0.25) is 0 Å². The fourth-order valence-corrected chi connectivity index (χ4v) is 4.50. The Morgan fingerprint density at radius 1 is 1.04 bits per heavy atom. The summed E-state index contributed by atoms with van der Waals surface area (Å²) < 4.78 is 38.0. The van der Waals surface area contributed by atoms with Gasteiger partial charge < -0.3 is 14.6 Å². The molecule has 0 fully saturated rings. The Kier molecular flexibility index (Phi) is 6.23. The number of hydrogen-bond acceptors (Lipinski definition) is 3. The van der Waals surface area contributed by atoms with Crippen LogP contribution in [0, 0.1) is 11.6 Å². The van der Waals surface area contributed by atoms with Gasteiger partial charge >= 0.3 is 0 Å². The van der Waals surface area contributed by atoms with Gasteiger partial charge in [-0.3, -0.25) is 0 Å². The van der Waals surface area contributed by atoms with Crippen molar-refractivity contribution in [2.45, 2.75) is 31.8 Å². The van der Waals surface area contributed by atoms with Crippen LogP contribution in [-0.2, 0) is 5.16 Å². The molecule has 1 N–H and O–H groups in total. The number of phenols is 1. The molecule has 1 atom stereocenters. The third-order valence-corrected chi connectivity index (χ3v) is 6.66. The molecule has 0 bridgehead atoms. The molecule has 0 spiro atoms. The van der Waals surface area contributed by atoms with Crippen LogP contribution in [0.5, 0.6) is 17.2 Å². The number of halogens is 2. The highest BCUT2D eigenvalue weighted by molar-refractivity contribution is 7.48. The van der Waals surface area contributed by atoms with Crippen molar-refractivity contribution < 1.29 is 23.4 Å². The summed E-state index contributed by atoms with van der Waals surface area (Å²) in [4.78, 5) is 0. The number of rotatable bonds is 7. The Morgan fingerprint density at radius 3 is 2.24 bits per heavy atom. The summed E-state index contributed by atoms with van der Waals surface area (Å²) in [6.45, 7) is 3.98.